The fourth-order valence-electron chi connectivity index (χ4n) is 1.48. The molecule has 0 saturated heterocycles. The minimum atomic E-state index is -0.774. The van der Waals surface area contributed by atoms with E-state index < -0.39 is 5.97 Å². The zero-order valence-corrected chi connectivity index (χ0v) is 9.06. The Labute approximate surface area is 88.5 Å². The summed E-state index contributed by atoms with van der Waals surface area (Å²) in [6.45, 7) is 3.90. The third-order valence-corrected chi connectivity index (χ3v) is 2.76. The van der Waals surface area contributed by atoms with E-state index >= 15 is 0 Å². The lowest BCUT2D eigenvalue weighted by molar-refractivity contribution is -0.136. The van der Waals surface area contributed by atoms with E-state index in [1.807, 2.05) is 26.0 Å². The lowest BCUT2D eigenvalue weighted by Gasteiger charge is -2.09. The monoisotopic (exact) mass is 212 g/mol. The van der Waals surface area contributed by atoms with Crippen molar-refractivity contribution in [3.8, 4) is 0 Å². The van der Waals surface area contributed by atoms with Crippen molar-refractivity contribution < 1.29 is 9.90 Å². The van der Waals surface area contributed by atoms with Crippen LogP contribution in [0.2, 0.25) is 5.02 Å². The molecule has 1 N–H and O–H groups in total. The quantitative estimate of drug-likeness (QED) is 0.837. The summed E-state index contributed by atoms with van der Waals surface area (Å²) in [7, 11) is 0. The van der Waals surface area contributed by atoms with Crippen LogP contribution in [-0.4, -0.2) is 11.1 Å². The Morgan fingerprint density at radius 1 is 1.43 bits per heavy atom. The fraction of sp³-hybridized carbons (Fsp3) is 0.364. The zero-order chi connectivity index (χ0) is 10.7. The topological polar surface area (TPSA) is 37.3 Å². The van der Waals surface area contributed by atoms with Gasteiger partial charge in [-0.2, -0.15) is 0 Å². The Morgan fingerprint density at radius 3 is 2.64 bits per heavy atom. The maximum absolute atomic E-state index is 10.4. The van der Waals surface area contributed by atoms with Gasteiger partial charge in [0.05, 0.1) is 0 Å². The molecule has 0 saturated carbocycles. The third kappa shape index (κ3) is 2.48. The van der Waals surface area contributed by atoms with E-state index in [1.165, 1.54) is 0 Å². The van der Waals surface area contributed by atoms with Crippen LogP contribution < -0.4 is 0 Å². The van der Waals surface area contributed by atoms with E-state index in [-0.39, 0.29) is 6.42 Å². The molecule has 76 valence electrons. The molecule has 0 atom stereocenters. The molecule has 0 heterocycles. The normalized spacial score (nSPS) is 10.2. The Bertz CT molecular complexity index is 359. The molecule has 0 bridgehead atoms. The van der Waals surface area contributed by atoms with Gasteiger partial charge in [0, 0.05) is 11.4 Å². The summed E-state index contributed by atoms with van der Waals surface area (Å²) in [4.78, 5) is 10.4. The number of aryl methyl sites for hydroxylation is 1. The molecule has 0 aromatic heterocycles. The maximum Gasteiger partial charge on any atom is 0.303 e. The molecule has 0 aliphatic rings. The first kappa shape index (κ1) is 11.1. The predicted molar refractivity (Wildman–Crippen MR) is 56.9 cm³/mol. The SMILES string of the molecule is Cc1ccc(Cl)c(C)c1CCC(=O)O. The van der Waals surface area contributed by atoms with Crippen molar-refractivity contribution in [2.45, 2.75) is 26.7 Å². The average molecular weight is 213 g/mol. The predicted octanol–water partition coefficient (Wildman–Crippen LogP) is 2.97. The molecule has 0 spiro atoms. The molecular formula is C11H13ClO2. The first-order valence-corrected chi connectivity index (χ1v) is 4.86. The van der Waals surface area contributed by atoms with Gasteiger partial charge in [-0.1, -0.05) is 17.7 Å². The molecular weight excluding hydrogens is 200 g/mol. The van der Waals surface area contributed by atoms with Crippen molar-refractivity contribution >= 4 is 17.6 Å². The van der Waals surface area contributed by atoms with Gasteiger partial charge >= 0.3 is 5.97 Å². The van der Waals surface area contributed by atoms with Crippen molar-refractivity contribution in [2.24, 2.45) is 0 Å². The van der Waals surface area contributed by atoms with Crippen LogP contribution in [0.25, 0.3) is 0 Å². The second-order valence-corrected chi connectivity index (χ2v) is 3.77. The summed E-state index contributed by atoms with van der Waals surface area (Å²) in [5.41, 5.74) is 3.15. The molecule has 14 heavy (non-hydrogen) atoms. The molecule has 1 aromatic rings. The minimum absolute atomic E-state index is 0.155. The molecule has 0 fully saturated rings. The average Bonchev–Trinajstić information content (AvgIpc) is 2.11. The van der Waals surface area contributed by atoms with Crippen LogP contribution in [0, 0.1) is 13.8 Å². The summed E-state index contributed by atoms with van der Waals surface area (Å²) < 4.78 is 0. The second kappa shape index (κ2) is 4.47. The smallest absolute Gasteiger partial charge is 0.303 e. The van der Waals surface area contributed by atoms with Gasteiger partial charge in [0.2, 0.25) is 0 Å². The summed E-state index contributed by atoms with van der Waals surface area (Å²) in [6, 6.07) is 3.77. The second-order valence-electron chi connectivity index (χ2n) is 3.36. The largest absolute Gasteiger partial charge is 0.481 e. The van der Waals surface area contributed by atoms with Gasteiger partial charge in [-0.15, -0.1) is 0 Å². The number of carbonyl (C=O) groups is 1. The van der Waals surface area contributed by atoms with Gasteiger partial charge < -0.3 is 5.11 Å². The van der Waals surface area contributed by atoms with Crippen molar-refractivity contribution in [2.75, 3.05) is 0 Å². The Kier molecular flexibility index (Phi) is 3.53. The highest BCUT2D eigenvalue weighted by Gasteiger charge is 2.07. The van der Waals surface area contributed by atoms with Crippen LogP contribution in [-0.2, 0) is 11.2 Å². The van der Waals surface area contributed by atoms with Crippen molar-refractivity contribution in [1.29, 1.82) is 0 Å². The third-order valence-electron chi connectivity index (χ3n) is 2.36. The summed E-state index contributed by atoms with van der Waals surface area (Å²) >= 11 is 5.95. The molecule has 1 rings (SSSR count). The van der Waals surface area contributed by atoms with Crippen molar-refractivity contribution in [3.63, 3.8) is 0 Å². The first-order valence-electron chi connectivity index (χ1n) is 4.48. The summed E-state index contributed by atoms with van der Waals surface area (Å²) in [5, 5.41) is 9.30. The highest BCUT2D eigenvalue weighted by atomic mass is 35.5. The van der Waals surface area contributed by atoms with Crippen LogP contribution >= 0.6 is 11.6 Å². The highest BCUT2D eigenvalue weighted by Crippen LogP contribution is 2.23. The lowest BCUT2D eigenvalue weighted by atomic mass is 9.99. The number of hydrogen-bond acceptors (Lipinski definition) is 1. The van der Waals surface area contributed by atoms with E-state index in [1.54, 1.807) is 0 Å². The van der Waals surface area contributed by atoms with E-state index in [9.17, 15) is 4.79 Å². The van der Waals surface area contributed by atoms with Crippen molar-refractivity contribution in [3.05, 3.63) is 33.8 Å². The van der Waals surface area contributed by atoms with E-state index in [0.717, 1.165) is 16.7 Å². The molecule has 0 radical (unpaired) electrons. The Hall–Kier alpha value is -1.02. The fourth-order valence-corrected chi connectivity index (χ4v) is 1.66. The molecule has 0 aliphatic carbocycles. The number of benzene rings is 1. The van der Waals surface area contributed by atoms with E-state index in [2.05, 4.69) is 0 Å². The standard InChI is InChI=1S/C11H13ClO2/c1-7-3-5-10(12)8(2)9(7)4-6-11(13)14/h3,5H,4,6H2,1-2H3,(H,13,14). The number of rotatable bonds is 3. The van der Waals surface area contributed by atoms with E-state index in [4.69, 9.17) is 16.7 Å². The number of carboxylic acids is 1. The minimum Gasteiger partial charge on any atom is -0.481 e. The van der Waals surface area contributed by atoms with Crippen LogP contribution in [0.4, 0.5) is 0 Å². The number of halogens is 1. The molecule has 3 heteroatoms. The van der Waals surface area contributed by atoms with Crippen LogP contribution in [0.3, 0.4) is 0 Å². The number of carboxylic acid groups (broad SMARTS) is 1. The van der Waals surface area contributed by atoms with Gasteiger partial charge in [-0.3, -0.25) is 4.79 Å². The highest BCUT2D eigenvalue weighted by molar-refractivity contribution is 6.31. The van der Waals surface area contributed by atoms with Crippen LogP contribution in [0.5, 0.6) is 0 Å². The zero-order valence-electron chi connectivity index (χ0n) is 8.30. The Balaban J connectivity index is 2.95. The van der Waals surface area contributed by atoms with Gasteiger partial charge in [0.25, 0.3) is 0 Å². The van der Waals surface area contributed by atoms with Gasteiger partial charge in [-0.25, -0.2) is 0 Å². The van der Waals surface area contributed by atoms with E-state index in [0.29, 0.717) is 11.4 Å². The number of aliphatic carboxylic acids is 1. The summed E-state index contributed by atoms with van der Waals surface area (Å²) in [6.07, 6.45) is 0.704. The van der Waals surface area contributed by atoms with Gasteiger partial charge in [-0.05, 0) is 43.0 Å². The molecule has 0 amide bonds. The lowest BCUT2D eigenvalue weighted by Crippen LogP contribution is -2.01. The Morgan fingerprint density at radius 2 is 2.07 bits per heavy atom. The molecule has 0 unspecified atom stereocenters. The molecule has 2 nitrogen and oxygen atoms in total. The first-order chi connectivity index (χ1) is 6.52. The number of hydrogen-bond donors (Lipinski definition) is 1. The molecule has 0 aliphatic heterocycles. The molecule has 1 aromatic carbocycles. The van der Waals surface area contributed by atoms with Crippen molar-refractivity contribution in [1.82, 2.24) is 0 Å². The maximum atomic E-state index is 10.4. The van der Waals surface area contributed by atoms with Gasteiger partial charge in [0.15, 0.2) is 0 Å². The van der Waals surface area contributed by atoms with Crippen LogP contribution in [0.1, 0.15) is 23.1 Å². The van der Waals surface area contributed by atoms with Crippen LogP contribution in [0.15, 0.2) is 12.1 Å². The summed E-state index contributed by atoms with van der Waals surface area (Å²) in [5.74, 6) is -0.774. The van der Waals surface area contributed by atoms with Gasteiger partial charge in [0.1, 0.15) is 0 Å².